The lowest BCUT2D eigenvalue weighted by atomic mass is 10.1. The van der Waals surface area contributed by atoms with E-state index in [4.69, 9.17) is 4.74 Å². The molecule has 8 heteroatoms. The van der Waals surface area contributed by atoms with Gasteiger partial charge in [-0.1, -0.05) is 30.3 Å². The van der Waals surface area contributed by atoms with Crippen LogP contribution in [0.4, 0.5) is 0 Å². The van der Waals surface area contributed by atoms with Crippen molar-refractivity contribution in [2.24, 2.45) is 0 Å². The summed E-state index contributed by atoms with van der Waals surface area (Å²) in [5.41, 5.74) is 3.03. The lowest BCUT2D eigenvalue weighted by Crippen LogP contribution is -2.37. The third-order valence-corrected chi connectivity index (χ3v) is 6.03. The monoisotopic (exact) mass is 419 g/mol. The van der Waals surface area contributed by atoms with Crippen LogP contribution in [0.5, 0.6) is 0 Å². The van der Waals surface area contributed by atoms with Crippen LogP contribution in [-0.2, 0) is 16.1 Å². The van der Waals surface area contributed by atoms with Crippen molar-refractivity contribution in [3.8, 4) is 0 Å². The first kappa shape index (κ1) is 19.7. The summed E-state index contributed by atoms with van der Waals surface area (Å²) in [6.45, 7) is 2.55. The minimum Gasteiger partial charge on any atom is -0.381 e. The number of ether oxygens (including phenoxy) is 1. The summed E-state index contributed by atoms with van der Waals surface area (Å²) in [6, 6.07) is 11.8. The maximum absolute atomic E-state index is 12.8. The van der Waals surface area contributed by atoms with Crippen LogP contribution >= 0.6 is 0 Å². The van der Waals surface area contributed by atoms with Crippen LogP contribution in [0.15, 0.2) is 48.9 Å². The first-order valence-electron chi connectivity index (χ1n) is 10.7. The number of pyridine rings is 1. The van der Waals surface area contributed by atoms with Crippen molar-refractivity contribution < 1.29 is 14.3 Å². The molecule has 1 unspecified atom stereocenters. The minimum absolute atomic E-state index is 0.0536. The number of rotatable bonds is 5. The third-order valence-electron chi connectivity index (χ3n) is 6.03. The Labute approximate surface area is 180 Å². The number of nitrogens with one attached hydrogen (secondary N) is 1. The molecule has 2 amide bonds. The Balaban J connectivity index is 1.24. The second kappa shape index (κ2) is 8.47. The average molecular weight is 419 g/mol. The molecule has 1 atom stereocenters. The highest BCUT2D eigenvalue weighted by atomic mass is 16.5. The largest absolute Gasteiger partial charge is 0.381 e. The van der Waals surface area contributed by atoms with Crippen LogP contribution in [0.25, 0.3) is 11.2 Å². The molecule has 3 aromatic rings. The lowest BCUT2D eigenvalue weighted by Gasteiger charge is -2.23. The van der Waals surface area contributed by atoms with Gasteiger partial charge in [-0.25, -0.2) is 9.97 Å². The highest BCUT2D eigenvalue weighted by Crippen LogP contribution is 2.25. The number of imidazole rings is 1. The van der Waals surface area contributed by atoms with E-state index < -0.39 is 0 Å². The summed E-state index contributed by atoms with van der Waals surface area (Å²) < 4.78 is 7.52. The molecule has 0 aliphatic carbocycles. The molecule has 0 saturated carbocycles. The van der Waals surface area contributed by atoms with Crippen LogP contribution in [0, 0.1) is 0 Å². The van der Waals surface area contributed by atoms with Crippen molar-refractivity contribution >= 4 is 23.0 Å². The normalized spacial score (nSPS) is 19.8. The molecule has 2 fully saturated rings. The molecule has 5 rings (SSSR count). The summed E-state index contributed by atoms with van der Waals surface area (Å²) in [5, 5.41) is 2.98. The maximum Gasteiger partial charge on any atom is 0.253 e. The fourth-order valence-corrected chi connectivity index (χ4v) is 4.37. The number of benzene rings is 1. The topological polar surface area (TPSA) is 89.4 Å². The zero-order chi connectivity index (χ0) is 21.2. The van der Waals surface area contributed by atoms with Gasteiger partial charge in [0.15, 0.2) is 5.65 Å². The number of hydrogen-bond acceptors (Lipinski definition) is 5. The summed E-state index contributed by atoms with van der Waals surface area (Å²) in [4.78, 5) is 35.9. The Morgan fingerprint density at radius 3 is 2.77 bits per heavy atom. The highest BCUT2D eigenvalue weighted by Gasteiger charge is 2.31. The van der Waals surface area contributed by atoms with Gasteiger partial charge in [0.1, 0.15) is 5.52 Å². The van der Waals surface area contributed by atoms with Gasteiger partial charge in [-0.05, 0) is 24.5 Å². The number of carbonyl (C=O) groups excluding carboxylic acids is 2. The van der Waals surface area contributed by atoms with Gasteiger partial charge >= 0.3 is 0 Å². The Morgan fingerprint density at radius 1 is 1.16 bits per heavy atom. The quantitative estimate of drug-likeness (QED) is 0.686. The van der Waals surface area contributed by atoms with Crippen molar-refractivity contribution in [1.82, 2.24) is 24.8 Å². The zero-order valence-corrected chi connectivity index (χ0v) is 17.2. The van der Waals surface area contributed by atoms with Gasteiger partial charge in [-0.3, -0.25) is 9.59 Å². The Morgan fingerprint density at radius 2 is 1.97 bits per heavy atom. The number of nitrogens with zero attached hydrogens (tertiary/aromatic N) is 4. The molecule has 160 valence electrons. The molecule has 8 nitrogen and oxygen atoms in total. The molecule has 1 aromatic carbocycles. The highest BCUT2D eigenvalue weighted by molar-refractivity contribution is 5.97. The van der Waals surface area contributed by atoms with Crippen molar-refractivity contribution in [1.29, 1.82) is 0 Å². The number of amides is 2. The molecular formula is C23H25N5O3. The molecule has 0 spiro atoms. The molecule has 0 bridgehead atoms. The van der Waals surface area contributed by atoms with E-state index in [2.05, 4.69) is 19.9 Å². The Hall–Kier alpha value is -3.26. The average Bonchev–Trinajstić information content (AvgIpc) is 3.37. The summed E-state index contributed by atoms with van der Waals surface area (Å²) >= 11 is 0. The fraction of sp³-hybridized carbons (Fsp3) is 0.391. The molecule has 2 saturated heterocycles. The standard InChI is InChI=1S/C23H25N5O3/c29-21-11-18(14-27(21)13-16-4-2-1-3-5-16)26-23(30)17-10-20-22(24-12-17)28(15-25-20)19-6-8-31-9-7-19/h1-5,10,12,15,18-19H,6-9,11,13-14H2,(H,26,30). The van der Waals surface area contributed by atoms with Crippen LogP contribution in [0.1, 0.15) is 41.2 Å². The second-order valence-electron chi connectivity index (χ2n) is 8.20. The van der Waals surface area contributed by atoms with E-state index in [9.17, 15) is 9.59 Å². The van der Waals surface area contributed by atoms with E-state index >= 15 is 0 Å². The second-order valence-corrected chi connectivity index (χ2v) is 8.20. The van der Waals surface area contributed by atoms with Gasteiger partial charge in [0.25, 0.3) is 5.91 Å². The number of aromatic nitrogens is 3. The van der Waals surface area contributed by atoms with Gasteiger partial charge in [-0.2, -0.15) is 0 Å². The van der Waals surface area contributed by atoms with Crippen molar-refractivity contribution in [2.75, 3.05) is 19.8 Å². The maximum atomic E-state index is 12.8. The first-order valence-corrected chi connectivity index (χ1v) is 10.7. The Kier molecular flexibility index (Phi) is 5.38. The van der Waals surface area contributed by atoms with E-state index in [-0.39, 0.29) is 17.9 Å². The lowest BCUT2D eigenvalue weighted by molar-refractivity contribution is -0.128. The summed E-state index contributed by atoms with van der Waals surface area (Å²) in [5.74, 6) is -0.174. The van der Waals surface area contributed by atoms with Crippen LogP contribution in [-0.4, -0.2) is 57.0 Å². The van der Waals surface area contributed by atoms with Crippen LogP contribution < -0.4 is 5.32 Å². The predicted octanol–water partition coefficient (Wildman–Crippen LogP) is 2.31. The predicted molar refractivity (Wildman–Crippen MR) is 114 cm³/mol. The van der Waals surface area contributed by atoms with Crippen LogP contribution in [0.3, 0.4) is 0 Å². The van der Waals surface area contributed by atoms with Crippen molar-refractivity contribution in [3.05, 3.63) is 60.0 Å². The Bertz CT molecular complexity index is 1090. The van der Waals surface area contributed by atoms with Gasteiger partial charge in [0.05, 0.1) is 17.9 Å². The molecule has 0 radical (unpaired) electrons. The molecule has 2 aromatic heterocycles. The van der Waals surface area contributed by atoms with E-state index in [0.29, 0.717) is 36.6 Å². The molecular weight excluding hydrogens is 394 g/mol. The molecule has 1 N–H and O–H groups in total. The van der Waals surface area contributed by atoms with Crippen molar-refractivity contribution in [2.45, 2.75) is 37.9 Å². The van der Waals surface area contributed by atoms with Gasteiger partial charge < -0.3 is 19.5 Å². The minimum atomic E-state index is -0.227. The van der Waals surface area contributed by atoms with E-state index in [0.717, 1.165) is 37.3 Å². The van der Waals surface area contributed by atoms with E-state index in [1.165, 1.54) is 0 Å². The third kappa shape index (κ3) is 4.16. The van der Waals surface area contributed by atoms with Gasteiger partial charge in [-0.15, -0.1) is 0 Å². The molecule has 2 aliphatic heterocycles. The SMILES string of the molecule is O=C(NC1CC(=O)N(Cc2ccccc2)C1)c1cnc2c(c1)ncn2C1CCOCC1. The molecule has 4 heterocycles. The molecule has 31 heavy (non-hydrogen) atoms. The number of hydrogen-bond donors (Lipinski definition) is 1. The van der Waals surface area contributed by atoms with Crippen molar-refractivity contribution in [3.63, 3.8) is 0 Å². The molecule has 2 aliphatic rings. The number of fused-ring (bicyclic) bond motifs is 1. The number of carbonyl (C=O) groups is 2. The van der Waals surface area contributed by atoms with Crippen LogP contribution in [0.2, 0.25) is 0 Å². The summed E-state index contributed by atoms with van der Waals surface area (Å²) in [6.07, 6.45) is 5.57. The van der Waals surface area contributed by atoms with Gasteiger partial charge in [0.2, 0.25) is 5.91 Å². The zero-order valence-electron chi connectivity index (χ0n) is 17.2. The van der Waals surface area contributed by atoms with E-state index in [1.54, 1.807) is 23.5 Å². The first-order chi connectivity index (χ1) is 15.2. The van der Waals surface area contributed by atoms with Gasteiger partial charge in [0, 0.05) is 45.0 Å². The smallest absolute Gasteiger partial charge is 0.253 e. The summed E-state index contributed by atoms with van der Waals surface area (Å²) in [7, 11) is 0. The van der Waals surface area contributed by atoms with E-state index in [1.807, 2.05) is 30.3 Å². The number of likely N-dealkylation sites (tertiary alicyclic amines) is 1. The fourth-order valence-electron chi connectivity index (χ4n) is 4.37.